The van der Waals surface area contributed by atoms with E-state index in [2.05, 4.69) is 12.3 Å². The minimum absolute atomic E-state index is 0.597. The van der Waals surface area contributed by atoms with Crippen molar-refractivity contribution in [3.63, 3.8) is 0 Å². The summed E-state index contributed by atoms with van der Waals surface area (Å²) in [6.45, 7) is 3.97. The first-order valence-corrected chi connectivity index (χ1v) is 1.14. The summed E-state index contributed by atoms with van der Waals surface area (Å²) in [5.41, 5.74) is 2.32. The highest BCUT2D eigenvalue weighted by Crippen LogP contribution is 1.28. The molecule has 0 saturated carbocycles. The summed E-state index contributed by atoms with van der Waals surface area (Å²) >= 11 is 0. The van der Waals surface area contributed by atoms with Crippen LogP contribution in [0.5, 0.6) is 0 Å². The molecular weight excluding hydrogens is 52.0 g/mol. The lowest BCUT2D eigenvalue weighted by atomic mass is 10.8. The first-order chi connectivity index (χ1) is 1.91. The molecule has 0 aliphatic heterocycles. The molecule has 0 unspecified atom stereocenters. The van der Waals surface area contributed by atoms with Crippen molar-refractivity contribution in [2.24, 2.45) is 5.84 Å². The lowest BCUT2D eigenvalue weighted by molar-refractivity contribution is 0.821. The average Bonchev–Trinajstić information content (AvgIpc) is 1.37. The highest BCUT2D eigenvalue weighted by molar-refractivity contribution is 4.31. The standard InChI is InChI=1S/C2H7N2/c1-2-4-3/h4H,1-3H2. The lowest BCUT2D eigenvalue weighted by Gasteiger charge is -1.76. The van der Waals surface area contributed by atoms with Gasteiger partial charge >= 0.3 is 0 Å². The van der Waals surface area contributed by atoms with E-state index in [0.29, 0.717) is 6.54 Å². The van der Waals surface area contributed by atoms with Gasteiger partial charge in [0.1, 0.15) is 0 Å². The summed E-state index contributed by atoms with van der Waals surface area (Å²) in [4.78, 5) is 0. The summed E-state index contributed by atoms with van der Waals surface area (Å²) in [5.74, 6) is 4.72. The van der Waals surface area contributed by atoms with Crippen molar-refractivity contribution < 1.29 is 0 Å². The number of hydrogen-bond acceptors (Lipinski definition) is 2. The molecule has 0 atom stereocenters. The van der Waals surface area contributed by atoms with Crippen molar-refractivity contribution >= 4 is 0 Å². The SMILES string of the molecule is [CH2]CNN. The van der Waals surface area contributed by atoms with Crippen LogP contribution in [0.1, 0.15) is 0 Å². The molecule has 0 amide bonds. The van der Waals surface area contributed by atoms with Crippen molar-refractivity contribution in [1.82, 2.24) is 5.43 Å². The molecule has 4 heavy (non-hydrogen) atoms. The van der Waals surface area contributed by atoms with Gasteiger partial charge in [-0.3, -0.25) is 11.3 Å². The van der Waals surface area contributed by atoms with Gasteiger partial charge in [-0.05, 0) is 6.92 Å². The van der Waals surface area contributed by atoms with E-state index in [-0.39, 0.29) is 0 Å². The number of hydrazine groups is 1. The van der Waals surface area contributed by atoms with E-state index in [1.165, 1.54) is 0 Å². The molecular formula is C2H7N2. The van der Waals surface area contributed by atoms with Crippen LogP contribution in [0.2, 0.25) is 0 Å². The van der Waals surface area contributed by atoms with Gasteiger partial charge in [0, 0.05) is 6.54 Å². The first kappa shape index (κ1) is 3.92. The molecule has 0 aliphatic rings. The third kappa shape index (κ3) is 1.92. The first-order valence-electron chi connectivity index (χ1n) is 1.14. The van der Waals surface area contributed by atoms with E-state index in [0.717, 1.165) is 0 Å². The van der Waals surface area contributed by atoms with Gasteiger partial charge in [-0.15, -0.1) is 0 Å². The van der Waals surface area contributed by atoms with E-state index in [1.807, 2.05) is 0 Å². The summed E-state index contributed by atoms with van der Waals surface area (Å²) < 4.78 is 0. The predicted molar refractivity (Wildman–Crippen MR) is 17.5 cm³/mol. The van der Waals surface area contributed by atoms with Gasteiger partial charge in [0.05, 0.1) is 0 Å². The van der Waals surface area contributed by atoms with Crippen LogP contribution in [-0.4, -0.2) is 6.54 Å². The molecule has 1 radical (unpaired) electrons. The monoisotopic (exact) mass is 59.1 g/mol. The van der Waals surface area contributed by atoms with Crippen LogP contribution in [-0.2, 0) is 0 Å². The molecule has 2 nitrogen and oxygen atoms in total. The fourth-order valence-electron chi connectivity index (χ4n) is 0. The molecule has 0 aromatic carbocycles. The Morgan fingerprint density at radius 1 is 2.00 bits per heavy atom. The molecule has 0 saturated heterocycles. The third-order valence-corrected chi connectivity index (χ3v) is 0.144. The zero-order valence-electron chi connectivity index (χ0n) is 2.49. The van der Waals surface area contributed by atoms with Crippen LogP contribution in [0.3, 0.4) is 0 Å². The third-order valence-electron chi connectivity index (χ3n) is 0.144. The summed E-state index contributed by atoms with van der Waals surface area (Å²) in [7, 11) is 0. The Bertz CT molecular complexity index is 6.00. The minimum Gasteiger partial charge on any atom is -0.271 e. The zero-order valence-corrected chi connectivity index (χ0v) is 2.49. The van der Waals surface area contributed by atoms with Crippen LogP contribution in [0.25, 0.3) is 0 Å². The number of hydrogen-bond donors (Lipinski definition) is 2. The molecule has 0 rings (SSSR count). The number of rotatable bonds is 1. The van der Waals surface area contributed by atoms with Crippen LogP contribution in [0.15, 0.2) is 0 Å². The zero-order chi connectivity index (χ0) is 3.41. The Hall–Kier alpha value is -0.0800. The Kier molecular flexibility index (Phi) is 2.86. The summed E-state index contributed by atoms with van der Waals surface area (Å²) in [6, 6.07) is 0. The van der Waals surface area contributed by atoms with Gasteiger partial charge in [0.2, 0.25) is 0 Å². The Morgan fingerprint density at radius 3 is 2.25 bits per heavy atom. The van der Waals surface area contributed by atoms with Crippen LogP contribution >= 0.6 is 0 Å². The molecule has 0 bridgehead atoms. The second kappa shape index (κ2) is 2.92. The normalized spacial score (nSPS) is 7.50. The van der Waals surface area contributed by atoms with Gasteiger partial charge in [-0.25, -0.2) is 0 Å². The van der Waals surface area contributed by atoms with Crippen molar-refractivity contribution in [3.05, 3.63) is 6.92 Å². The Balaban J connectivity index is 1.97. The van der Waals surface area contributed by atoms with Crippen LogP contribution < -0.4 is 11.3 Å². The highest BCUT2D eigenvalue weighted by Gasteiger charge is 1.50. The maximum atomic E-state index is 4.72. The van der Waals surface area contributed by atoms with Crippen molar-refractivity contribution in [2.75, 3.05) is 6.54 Å². The number of nitrogens with one attached hydrogen (secondary N) is 1. The molecule has 2 heteroatoms. The molecule has 0 aromatic rings. The predicted octanol–water partition coefficient (Wildman–Crippen LogP) is -0.716. The second-order valence-electron chi connectivity index (χ2n) is 0.454. The lowest BCUT2D eigenvalue weighted by Crippen LogP contribution is -2.20. The maximum absolute atomic E-state index is 4.72. The van der Waals surface area contributed by atoms with Crippen molar-refractivity contribution in [2.45, 2.75) is 0 Å². The Labute approximate surface area is 26.0 Å². The van der Waals surface area contributed by atoms with E-state index < -0.39 is 0 Å². The molecule has 0 aromatic heterocycles. The minimum atomic E-state index is 0.597. The number of nitrogens with two attached hydrogens (primary N) is 1. The average molecular weight is 59.1 g/mol. The molecule has 0 heterocycles. The fourth-order valence-corrected chi connectivity index (χ4v) is 0. The van der Waals surface area contributed by atoms with E-state index in [4.69, 9.17) is 5.84 Å². The van der Waals surface area contributed by atoms with Gasteiger partial charge in [-0.1, -0.05) is 0 Å². The van der Waals surface area contributed by atoms with Gasteiger partial charge in [0.25, 0.3) is 0 Å². The summed E-state index contributed by atoms with van der Waals surface area (Å²) in [5, 5.41) is 0. The van der Waals surface area contributed by atoms with Crippen molar-refractivity contribution in [3.8, 4) is 0 Å². The maximum Gasteiger partial charge on any atom is 0.00978 e. The molecule has 0 fully saturated rings. The topological polar surface area (TPSA) is 38.0 Å². The van der Waals surface area contributed by atoms with E-state index >= 15 is 0 Å². The van der Waals surface area contributed by atoms with E-state index in [9.17, 15) is 0 Å². The second-order valence-corrected chi connectivity index (χ2v) is 0.454. The smallest absolute Gasteiger partial charge is 0.00978 e. The molecule has 0 aliphatic carbocycles. The quantitative estimate of drug-likeness (QED) is 0.309. The van der Waals surface area contributed by atoms with Crippen LogP contribution in [0.4, 0.5) is 0 Å². The molecule has 25 valence electrons. The van der Waals surface area contributed by atoms with Crippen molar-refractivity contribution in [1.29, 1.82) is 0 Å². The van der Waals surface area contributed by atoms with Gasteiger partial charge < -0.3 is 0 Å². The van der Waals surface area contributed by atoms with Crippen LogP contribution in [0, 0.1) is 6.92 Å². The Morgan fingerprint density at radius 2 is 2.25 bits per heavy atom. The van der Waals surface area contributed by atoms with Gasteiger partial charge in [0.15, 0.2) is 0 Å². The fraction of sp³-hybridized carbons (Fsp3) is 0.500. The van der Waals surface area contributed by atoms with Gasteiger partial charge in [-0.2, -0.15) is 0 Å². The summed E-state index contributed by atoms with van der Waals surface area (Å²) in [6.07, 6.45) is 0. The molecule has 3 N–H and O–H groups in total. The molecule has 0 spiro atoms. The van der Waals surface area contributed by atoms with E-state index in [1.54, 1.807) is 0 Å². The largest absolute Gasteiger partial charge is 0.271 e. The highest BCUT2D eigenvalue weighted by atomic mass is 15.2.